The molecule has 0 amide bonds. The maximum atomic E-state index is 5.81. The SMILES string of the molecule is CCNC(N)=NCC(C(C)C)N1CCCCCC1.I. The normalized spacial score (nSPS) is 19.7. The van der Waals surface area contributed by atoms with Crippen LogP contribution in [0.4, 0.5) is 0 Å². The molecule has 1 heterocycles. The number of likely N-dealkylation sites (tertiary alicyclic amines) is 1. The molecular weight excluding hydrogens is 351 g/mol. The van der Waals surface area contributed by atoms with Crippen LogP contribution in [-0.4, -0.2) is 43.1 Å². The van der Waals surface area contributed by atoms with E-state index in [4.69, 9.17) is 5.73 Å². The van der Waals surface area contributed by atoms with Gasteiger partial charge >= 0.3 is 0 Å². The molecule has 0 saturated carbocycles. The first-order valence-electron chi connectivity index (χ1n) is 7.43. The maximum Gasteiger partial charge on any atom is 0.188 e. The van der Waals surface area contributed by atoms with Gasteiger partial charge in [0.25, 0.3) is 0 Å². The standard InChI is InChI=1S/C14H30N4.HI/c1-4-16-14(15)17-11-13(12(2)3)18-9-7-5-6-8-10-18;/h12-13H,4-11H2,1-3H3,(H3,15,16,17);1H. The summed E-state index contributed by atoms with van der Waals surface area (Å²) in [6.45, 7) is 10.7. The van der Waals surface area contributed by atoms with Crippen LogP contribution >= 0.6 is 24.0 Å². The van der Waals surface area contributed by atoms with Crippen molar-refractivity contribution in [2.75, 3.05) is 26.2 Å². The van der Waals surface area contributed by atoms with E-state index in [1.165, 1.54) is 38.8 Å². The van der Waals surface area contributed by atoms with Crippen molar-refractivity contribution in [2.24, 2.45) is 16.6 Å². The lowest BCUT2D eigenvalue weighted by Crippen LogP contribution is -2.43. The smallest absolute Gasteiger partial charge is 0.188 e. The lowest BCUT2D eigenvalue weighted by Gasteiger charge is -2.32. The lowest BCUT2D eigenvalue weighted by atomic mass is 10.0. The Bertz CT molecular complexity index is 248. The predicted molar refractivity (Wildman–Crippen MR) is 94.2 cm³/mol. The molecule has 1 unspecified atom stereocenters. The number of hydrogen-bond donors (Lipinski definition) is 2. The van der Waals surface area contributed by atoms with Gasteiger partial charge in [-0.05, 0) is 38.8 Å². The highest BCUT2D eigenvalue weighted by molar-refractivity contribution is 14.0. The molecule has 3 N–H and O–H groups in total. The first-order chi connectivity index (χ1) is 8.65. The van der Waals surface area contributed by atoms with E-state index in [0.717, 1.165) is 13.1 Å². The molecule has 0 bridgehead atoms. The van der Waals surface area contributed by atoms with E-state index in [-0.39, 0.29) is 24.0 Å². The van der Waals surface area contributed by atoms with E-state index in [1.807, 2.05) is 6.92 Å². The number of rotatable bonds is 5. The molecule has 114 valence electrons. The van der Waals surface area contributed by atoms with Gasteiger partial charge in [0.1, 0.15) is 0 Å². The monoisotopic (exact) mass is 382 g/mol. The Kier molecular flexibility index (Phi) is 10.7. The zero-order valence-corrected chi connectivity index (χ0v) is 15.0. The number of nitrogens with one attached hydrogen (secondary N) is 1. The Morgan fingerprint density at radius 3 is 2.26 bits per heavy atom. The molecule has 0 radical (unpaired) electrons. The largest absolute Gasteiger partial charge is 0.370 e. The van der Waals surface area contributed by atoms with Crippen LogP contribution in [0.3, 0.4) is 0 Å². The van der Waals surface area contributed by atoms with Crippen molar-refractivity contribution in [3.63, 3.8) is 0 Å². The van der Waals surface area contributed by atoms with Crippen LogP contribution in [-0.2, 0) is 0 Å². The van der Waals surface area contributed by atoms with E-state index >= 15 is 0 Å². The molecule has 0 aromatic carbocycles. The van der Waals surface area contributed by atoms with Crippen molar-refractivity contribution in [1.29, 1.82) is 0 Å². The van der Waals surface area contributed by atoms with Crippen LogP contribution < -0.4 is 11.1 Å². The van der Waals surface area contributed by atoms with Gasteiger partial charge in [0, 0.05) is 12.6 Å². The highest BCUT2D eigenvalue weighted by atomic mass is 127. The number of guanidine groups is 1. The van der Waals surface area contributed by atoms with E-state index in [0.29, 0.717) is 17.9 Å². The molecule has 1 saturated heterocycles. The third-order valence-electron chi connectivity index (χ3n) is 3.69. The minimum Gasteiger partial charge on any atom is -0.370 e. The summed E-state index contributed by atoms with van der Waals surface area (Å²) in [6.07, 6.45) is 5.42. The molecule has 5 heteroatoms. The minimum atomic E-state index is 0. The van der Waals surface area contributed by atoms with Crippen LogP contribution in [0, 0.1) is 5.92 Å². The molecule has 1 atom stereocenters. The second kappa shape index (κ2) is 10.7. The predicted octanol–water partition coefficient (Wildman–Crippen LogP) is 2.43. The van der Waals surface area contributed by atoms with Crippen LogP contribution in [0.15, 0.2) is 4.99 Å². The maximum absolute atomic E-state index is 5.81. The Morgan fingerprint density at radius 2 is 1.79 bits per heavy atom. The zero-order valence-electron chi connectivity index (χ0n) is 12.7. The first kappa shape index (κ1) is 19.0. The van der Waals surface area contributed by atoms with Gasteiger partial charge in [0.2, 0.25) is 0 Å². The summed E-state index contributed by atoms with van der Waals surface area (Å²) in [6, 6.07) is 0.528. The molecule has 0 aromatic heterocycles. The van der Waals surface area contributed by atoms with Gasteiger partial charge < -0.3 is 11.1 Å². The number of nitrogens with zero attached hydrogens (tertiary/aromatic N) is 2. The fourth-order valence-electron chi connectivity index (χ4n) is 2.60. The summed E-state index contributed by atoms with van der Waals surface area (Å²) >= 11 is 0. The van der Waals surface area contributed by atoms with Crippen molar-refractivity contribution >= 4 is 29.9 Å². The lowest BCUT2D eigenvalue weighted by molar-refractivity contribution is 0.166. The summed E-state index contributed by atoms with van der Waals surface area (Å²) in [5.74, 6) is 1.21. The summed E-state index contributed by atoms with van der Waals surface area (Å²) < 4.78 is 0. The molecule has 19 heavy (non-hydrogen) atoms. The first-order valence-corrected chi connectivity index (χ1v) is 7.43. The highest BCUT2D eigenvalue weighted by Gasteiger charge is 2.22. The van der Waals surface area contributed by atoms with Gasteiger partial charge in [-0.3, -0.25) is 9.89 Å². The van der Waals surface area contributed by atoms with Gasteiger partial charge in [-0.2, -0.15) is 0 Å². The molecular formula is C14H31IN4. The fourth-order valence-corrected chi connectivity index (χ4v) is 2.60. The average Bonchev–Trinajstić information content (AvgIpc) is 2.58. The van der Waals surface area contributed by atoms with Gasteiger partial charge in [0.05, 0.1) is 6.54 Å². The fraction of sp³-hybridized carbons (Fsp3) is 0.929. The molecule has 0 aliphatic carbocycles. The molecule has 4 nitrogen and oxygen atoms in total. The van der Waals surface area contributed by atoms with Crippen LogP contribution in [0.5, 0.6) is 0 Å². The van der Waals surface area contributed by atoms with Gasteiger partial charge in [-0.25, -0.2) is 0 Å². The minimum absolute atomic E-state index is 0. The molecule has 0 aromatic rings. The van der Waals surface area contributed by atoms with Crippen molar-refractivity contribution in [1.82, 2.24) is 10.2 Å². The van der Waals surface area contributed by atoms with Crippen molar-refractivity contribution < 1.29 is 0 Å². The van der Waals surface area contributed by atoms with E-state index in [9.17, 15) is 0 Å². The molecule has 1 aliphatic rings. The zero-order chi connectivity index (χ0) is 13.4. The quantitative estimate of drug-likeness (QED) is 0.436. The molecule has 0 spiro atoms. The third kappa shape index (κ3) is 7.34. The Morgan fingerprint density at radius 1 is 1.21 bits per heavy atom. The summed E-state index contributed by atoms with van der Waals surface area (Å²) in [7, 11) is 0. The van der Waals surface area contributed by atoms with Gasteiger partial charge in [-0.1, -0.05) is 26.7 Å². The van der Waals surface area contributed by atoms with E-state index in [1.54, 1.807) is 0 Å². The van der Waals surface area contributed by atoms with Gasteiger partial charge in [-0.15, -0.1) is 24.0 Å². The van der Waals surface area contributed by atoms with Gasteiger partial charge in [0.15, 0.2) is 5.96 Å². The highest BCUT2D eigenvalue weighted by Crippen LogP contribution is 2.17. The molecule has 1 fully saturated rings. The van der Waals surface area contributed by atoms with Crippen molar-refractivity contribution in [2.45, 2.75) is 52.5 Å². The summed E-state index contributed by atoms with van der Waals surface area (Å²) in [4.78, 5) is 7.09. The van der Waals surface area contributed by atoms with Crippen LogP contribution in [0.1, 0.15) is 46.5 Å². The third-order valence-corrected chi connectivity index (χ3v) is 3.69. The number of halogens is 1. The van der Waals surface area contributed by atoms with E-state index < -0.39 is 0 Å². The second-order valence-electron chi connectivity index (χ2n) is 5.52. The Hall–Kier alpha value is -0.0400. The topological polar surface area (TPSA) is 53.6 Å². The average molecular weight is 382 g/mol. The van der Waals surface area contributed by atoms with E-state index in [2.05, 4.69) is 29.1 Å². The number of nitrogens with two attached hydrogens (primary N) is 1. The Labute approximate surface area is 135 Å². The second-order valence-corrected chi connectivity index (χ2v) is 5.52. The number of hydrogen-bond acceptors (Lipinski definition) is 2. The molecule has 1 rings (SSSR count). The molecule has 1 aliphatic heterocycles. The summed E-state index contributed by atoms with van der Waals surface area (Å²) in [5.41, 5.74) is 5.81. The van der Waals surface area contributed by atoms with Crippen LogP contribution in [0.25, 0.3) is 0 Å². The number of aliphatic imine (C=N–C) groups is 1. The summed E-state index contributed by atoms with van der Waals surface area (Å²) in [5, 5.41) is 3.06. The van der Waals surface area contributed by atoms with Crippen LogP contribution in [0.2, 0.25) is 0 Å². The Balaban J connectivity index is 0.00000324. The van der Waals surface area contributed by atoms with Crippen molar-refractivity contribution in [3.05, 3.63) is 0 Å². The van der Waals surface area contributed by atoms with Crippen molar-refractivity contribution in [3.8, 4) is 0 Å².